The Morgan fingerprint density at radius 1 is 1.33 bits per heavy atom. The smallest absolute Gasteiger partial charge is 0.410 e. The number of hydrogen-bond donors (Lipinski definition) is 0. The molecule has 1 rings (SSSR count). The van der Waals surface area contributed by atoms with Crippen LogP contribution in [0.2, 0.25) is 0 Å². The lowest BCUT2D eigenvalue weighted by Crippen LogP contribution is -2.47. The van der Waals surface area contributed by atoms with Crippen molar-refractivity contribution in [1.82, 2.24) is 4.90 Å². The van der Waals surface area contributed by atoms with Gasteiger partial charge in [0, 0.05) is 6.54 Å². The lowest BCUT2D eigenvalue weighted by atomic mass is 10.1. The van der Waals surface area contributed by atoms with Gasteiger partial charge in [0.2, 0.25) is 5.78 Å². The average molecular weight is 303 g/mol. The van der Waals surface area contributed by atoms with Crippen LogP contribution in [0.15, 0.2) is 0 Å². The van der Waals surface area contributed by atoms with E-state index in [2.05, 4.69) is 4.74 Å². The van der Waals surface area contributed by atoms with Gasteiger partial charge in [0.1, 0.15) is 5.60 Å². The van der Waals surface area contributed by atoms with E-state index in [0.29, 0.717) is 19.4 Å². The van der Waals surface area contributed by atoms with E-state index in [1.807, 2.05) is 0 Å². The minimum atomic E-state index is -2.36. The second-order valence-corrected chi connectivity index (χ2v) is 5.85. The number of carbonyl (C=O) groups excluding carboxylic acids is 3. The Morgan fingerprint density at radius 3 is 2.48 bits per heavy atom. The lowest BCUT2D eigenvalue weighted by Gasteiger charge is -2.28. The molecule has 0 saturated carbocycles. The number of alkyl halides is 1. The van der Waals surface area contributed by atoms with Gasteiger partial charge in [-0.3, -0.25) is 9.69 Å². The zero-order chi connectivity index (χ0) is 16.2. The van der Waals surface area contributed by atoms with Gasteiger partial charge in [-0.1, -0.05) is 0 Å². The summed E-state index contributed by atoms with van der Waals surface area (Å²) < 4.78 is 23.5. The Kier molecular flexibility index (Phi) is 5.69. The minimum Gasteiger partial charge on any atom is -0.463 e. The number of rotatable bonds is 4. The molecule has 1 heterocycles. The monoisotopic (exact) mass is 303 g/mol. The van der Waals surface area contributed by atoms with Gasteiger partial charge < -0.3 is 9.47 Å². The molecule has 0 aliphatic carbocycles. The van der Waals surface area contributed by atoms with Crippen LogP contribution in [0.3, 0.4) is 0 Å². The second kappa shape index (κ2) is 6.87. The SMILES string of the molecule is CCOC(=O)C(F)C(=O)C1CCCN1C(=O)OC(C)(C)C. The maximum absolute atomic E-state index is 13.8. The van der Waals surface area contributed by atoms with Gasteiger partial charge in [0.05, 0.1) is 12.6 Å². The van der Waals surface area contributed by atoms with Crippen LogP contribution in [-0.4, -0.2) is 53.7 Å². The number of esters is 1. The molecule has 0 aromatic rings. The number of ketones is 1. The van der Waals surface area contributed by atoms with E-state index >= 15 is 0 Å². The van der Waals surface area contributed by atoms with Gasteiger partial charge in [0.25, 0.3) is 6.17 Å². The number of nitrogens with zero attached hydrogens (tertiary/aromatic N) is 1. The van der Waals surface area contributed by atoms with Crippen molar-refractivity contribution in [2.75, 3.05) is 13.2 Å². The van der Waals surface area contributed by atoms with Crippen molar-refractivity contribution in [3.8, 4) is 0 Å². The second-order valence-electron chi connectivity index (χ2n) is 5.85. The molecule has 21 heavy (non-hydrogen) atoms. The first-order chi connectivity index (χ1) is 9.67. The molecular formula is C14H22FNO5. The fraction of sp³-hybridized carbons (Fsp3) is 0.786. The third kappa shape index (κ3) is 4.68. The lowest BCUT2D eigenvalue weighted by molar-refractivity contribution is -0.154. The Hall–Kier alpha value is -1.66. The summed E-state index contributed by atoms with van der Waals surface area (Å²) in [6, 6.07) is -0.973. The van der Waals surface area contributed by atoms with Crippen molar-refractivity contribution in [2.24, 2.45) is 0 Å². The molecule has 1 amide bonds. The zero-order valence-electron chi connectivity index (χ0n) is 12.8. The highest BCUT2D eigenvalue weighted by atomic mass is 19.1. The topological polar surface area (TPSA) is 72.9 Å². The molecule has 1 fully saturated rings. The molecular weight excluding hydrogens is 281 g/mol. The van der Waals surface area contributed by atoms with Crippen molar-refractivity contribution in [3.63, 3.8) is 0 Å². The molecule has 2 unspecified atom stereocenters. The Balaban J connectivity index is 2.74. The summed E-state index contributed by atoms with van der Waals surface area (Å²) in [6.07, 6.45) is -2.16. The molecule has 1 saturated heterocycles. The summed E-state index contributed by atoms with van der Waals surface area (Å²) in [5, 5.41) is 0. The molecule has 6 nitrogen and oxygen atoms in total. The van der Waals surface area contributed by atoms with Crippen molar-refractivity contribution in [2.45, 2.75) is 58.4 Å². The van der Waals surface area contributed by atoms with E-state index < -0.39 is 35.7 Å². The third-order valence-corrected chi connectivity index (χ3v) is 2.95. The number of ether oxygens (including phenoxy) is 2. The maximum atomic E-state index is 13.8. The normalized spacial score (nSPS) is 20.0. The standard InChI is InChI=1S/C14H22FNO5/c1-5-20-12(18)10(15)11(17)9-7-6-8-16(9)13(19)21-14(2,3)4/h9-10H,5-8H2,1-4H3. The predicted octanol–water partition coefficient (Wildman–Crippen LogP) is 1.86. The van der Waals surface area contributed by atoms with Crippen molar-refractivity contribution in [1.29, 1.82) is 0 Å². The number of carbonyl (C=O) groups is 3. The Labute approximate surface area is 123 Å². The molecule has 2 atom stereocenters. The van der Waals surface area contributed by atoms with Crippen LogP contribution in [0.4, 0.5) is 9.18 Å². The van der Waals surface area contributed by atoms with Crippen molar-refractivity contribution >= 4 is 17.8 Å². The van der Waals surface area contributed by atoms with Crippen LogP contribution in [0.25, 0.3) is 0 Å². The molecule has 1 aliphatic heterocycles. The van der Waals surface area contributed by atoms with Crippen LogP contribution >= 0.6 is 0 Å². The number of hydrogen-bond acceptors (Lipinski definition) is 5. The fourth-order valence-electron chi connectivity index (χ4n) is 2.10. The van der Waals surface area contributed by atoms with Gasteiger partial charge in [0.15, 0.2) is 0 Å². The van der Waals surface area contributed by atoms with Gasteiger partial charge in [-0.15, -0.1) is 0 Å². The maximum Gasteiger partial charge on any atom is 0.410 e. The Morgan fingerprint density at radius 2 is 1.95 bits per heavy atom. The fourth-order valence-corrected chi connectivity index (χ4v) is 2.10. The number of Topliss-reactive ketones (excluding diaryl/α,β-unsaturated/α-hetero) is 1. The zero-order valence-corrected chi connectivity index (χ0v) is 12.8. The van der Waals surface area contributed by atoms with E-state index in [-0.39, 0.29) is 6.61 Å². The summed E-state index contributed by atoms with van der Waals surface area (Å²) in [4.78, 5) is 36.5. The quantitative estimate of drug-likeness (QED) is 0.585. The summed E-state index contributed by atoms with van der Waals surface area (Å²) in [5.74, 6) is -2.16. The highest BCUT2D eigenvalue weighted by Crippen LogP contribution is 2.23. The number of amides is 1. The number of halogens is 1. The molecule has 7 heteroatoms. The molecule has 0 N–H and O–H groups in total. The van der Waals surface area contributed by atoms with Crippen LogP contribution in [-0.2, 0) is 19.1 Å². The largest absolute Gasteiger partial charge is 0.463 e. The van der Waals surface area contributed by atoms with Gasteiger partial charge in [-0.2, -0.15) is 0 Å². The average Bonchev–Trinajstić information content (AvgIpc) is 2.84. The first-order valence-corrected chi connectivity index (χ1v) is 7.01. The van der Waals surface area contributed by atoms with Gasteiger partial charge in [-0.05, 0) is 40.5 Å². The predicted molar refractivity (Wildman–Crippen MR) is 72.5 cm³/mol. The molecule has 120 valence electrons. The van der Waals surface area contributed by atoms with E-state index in [9.17, 15) is 18.8 Å². The summed E-state index contributed by atoms with van der Waals surface area (Å²) in [5.41, 5.74) is -0.705. The third-order valence-electron chi connectivity index (χ3n) is 2.95. The van der Waals surface area contributed by atoms with E-state index in [4.69, 9.17) is 4.74 Å². The van der Waals surface area contributed by atoms with E-state index in [1.54, 1.807) is 20.8 Å². The van der Waals surface area contributed by atoms with Crippen LogP contribution in [0.5, 0.6) is 0 Å². The number of likely N-dealkylation sites (tertiary alicyclic amines) is 1. The highest BCUT2D eigenvalue weighted by Gasteiger charge is 2.42. The van der Waals surface area contributed by atoms with Crippen LogP contribution < -0.4 is 0 Å². The molecule has 0 spiro atoms. The summed E-state index contributed by atoms with van der Waals surface area (Å²) in [6.45, 7) is 6.93. The van der Waals surface area contributed by atoms with E-state index in [1.165, 1.54) is 11.8 Å². The highest BCUT2D eigenvalue weighted by molar-refractivity contribution is 6.05. The van der Waals surface area contributed by atoms with Crippen molar-refractivity contribution < 1.29 is 28.2 Å². The van der Waals surface area contributed by atoms with Crippen molar-refractivity contribution in [3.05, 3.63) is 0 Å². The van der Waals surface area contributed by atoms with Gasteiger partial charge in [-0.25, -0.2) is 14.0 Å². The first-order valence-electron chi connectivity index (χ1n) is 7.01. The molecule has 0 bridgehead atoms. The first kappa shape index (κ1) is 17.4. The minimum absolute atomic E-state index is 0.00696. The van der Waals surface area contributed by atoms with E-state index in [0.717, 1.165) is 0 Å². The van der Waals surface area contributed by atoms with Crippen LogP contribution in [0.1, 0.15) is 40.5 Å². The van der Waals surface area contributed by atoms with Crippen LogP contribution in [0, 0.1) is 0 Å². The molecule has 0 aromatic heterocycles. The molecule has 1 aliphatic rings. The molecule has 0 radical (unpaired) electrons. The molecule has 0 aromatic carbocycles. The summed E-state index contributed by atoms with van der Waals surface area (Å²) >= 11 is 0. The van der Waals surface area contributed by atoms with Gasteiger partial charge >= 0.3 is 12.1 Å². The Bertz CT molecular complexity index is 418. The summed E-state index contributed by atoms with van der Waals surface area (Å²) in [7, 11) is 0.